The largest absolute Gasteiger partial charge is 0.341 e. The predicted octanol–water partition coefficient (Wildman–Crippen LogP) is 3.52. The summed E-state index contributed by atoms with van der Waals surface area (Å²) < 4.78 is 54.6. The average molecular weight is 449 g/mol. The lowest BCUT2D eigenvalue weighted by Crippen LogP contribution is -2.38. The van der Waals surface area contributed by atoms with Crippen molar-refractivity contribution in [2.75, 3.05) is 19.3 Å². The van der Waals surface area contributed by atoms with E-state index < -0.39 is 21.7 Å². The van der Waals surface area contributed by atoms with Gasteiger partial charge in [0.1, 0.15) is 11.6 Å². The Labute approximate surface area is 181 Å². The third kappa shape index (κ3) is 4.11. The van der Waals surface area contributed by atoms with Gasteiger partial charge in [-0.2, -0.15) is 0 Å². The number of carbonyl (C=O) groups is 1. The second-order valence-electron chi connectivity index (χ2n) is 9.12. The zero-order chi connectivity index (χ0) is 22.6. The van der Waals surface area contributed by atoms with Gasteiger partial charge >= 0.3 is 0 Å². The molecule has 1 aliphatic carbocycles. The third-order valence-corrected chi connectivity index (χ3v) is 7.26. The number of rotatable bonds is 5. The SMILES string of the molecule is CC1(C)[C@@H](C(=O)N2CC[C@H](NS(C)(=O)=O)C2)[C@@H]1c1ccccc1-c1c(F)cccc1F. The molecule has 166 valence electrons. The summed E-state index contributed by atoms with van der Waals surface area (Å²) >= 11 is 0. The van der Waals surface area contributed by atoms with E-state index in [-0.39, 0.29) is 34.8 Å². The molecule has 0 spiro atoms. The molecule has 31 heavy (non-hydrogen) atoms. The molecule has 4 rings (SSSR count). The Hall–Kier alpha value is -2.32. The average Bonchev–Trinajstić information content (AvgIpc) is 2.99. The lowest BCUT2D eigenvalue weighted by molar-refractivity contribution is -0.132. The van der Waals surface area contributed by atoms with Gasteiger partial charge in [-0.15, -0.1) is 0 Å². The second kappa shape index (κ2) is 7.67. The summed E-state index contributed by atoms with van der Waals surface area (Å²) in [6.45, 7) is 4.78. The van der Waals surface area contributed by atoms with Crippen LogP contribution in [0.3, 0.4) is 0 Å². The number of halogens is 2. The molecule has 0 unspecified atom stereocenters. The van der Waals surface area contributed by atoms with Crippen molar-refractivity contribution in [1.29, 1.82) is 0 Å². The molecule has 8 heteroatoms. The summed E-state index contributed by atoms with van der Waals surface area (Å²) in [6, 6.07) is 10.6. The van der Waals surface area contributed by atoms with Gasteiger partial charge in [-0.25, -0.2) is 21.9 Å². The monoisotopic (exact) mass is 448 g/mol. The molecule has 2 aliphatic rings. The minimum atomic E-state index is -3.34. The van der Waals surface area contributed by atoms with Gasteiger partial charge in [-0.1, -0.05) is 44.2 Å². The number of hydrogen-bond acceptors (Lipinski definition) is 3. The summed E-state index contributed by atoms with van der Waals surface area (Å²) in [4.78, 5) is 15.0. The van der Waals surface area contributed by atoms with Crippen molar-refractivity contribution < 1.29 is 22.0 Å². The maximum absolute atomic E-state index is 14.5. The van der Waals surface area contributed by atoms with E-state index in [1.807, 2.05) is 26.0 Å². The Morgan fingerprint density at radius 1 is 1.10 bits per heavy atom. The molecular formula is C23H26F2N2O3S. The number of likely N-dealkylation sites (tertiary alicyclic amines) is 1. The first-order valence-electron chi connectivity index (χ1n) is 10.3. The minimum Gasteiger partial charge on any atom is -0.341 e. The summed E-state index contributed by atoms with van der Waals surface area (Å²) in [5.41, 5.74) is 0.757. The molecular weight excluding hydrogens is 422 g/mol. The highest BCUT2D eigenvalue weighted by Crippen LogP contribution is 2.66. The molecule has 0 aromatic heterocycles. The molecule has 1 saturated carbocycles. The predicted molar refractivity (Wildman–Crippen MR) is 115 cm³/mol. The van der Waals surface area contributed by atoms with Gasteiger partial charge in [0.25, 0.3) is 0 Å². The van der Waals surface area contributed by atoms with Crippen molar-refractivity contribution >= 4 is 15.9 Å². The molecule has 2 aromatic carbocycles. The topological polar surface area (TPSA) is 66.5 Å². The first-order chi connectivity index (χ1) is 14.5. The van der Waals surface area contributed by atoms with E-state index in [4.69, 9.17) is 0 Å². The van der Waals surface area contributed by atoms with Crippen LogP contribution in [0.4, 0.5) is 8.78 Å². The van der Waals surface area contributed by atoms with Crippen LogP contribution in [0, 0.1) is 23.0 Å². The van der Waals surface area contributed by atoms with Crippen LogP contribution in [0.5, 0.6) is 0 Å². The zero-order valence-electron chi connectivity index (χ0n) is 17.7. The molecule has 0 bridgehead atoms. The molecule has 2 fully saturated rings. The van der Waals surface area contributed by atoms with E-state index in [1.54, 1.807) is 17.0 Å². The molecule has 1 saturated heterocycles. The Morgan fingerprint density at radius 3 is 2.39 bits per heavy atom. The van der Waals surface area contributed by atoms with Crippen molar-refractivity contribution in [3.05, 3.63) is 59.7 Å². The molecule has 1 N–H and O–H groups in total. The Morgan fingerprint density at radius 2 is 1.74 bits per heavy atom. The third-order valence-electron chi connectivity index (χ3n) is 6.50. The fourth-order valence-electron chi connectivity index (χ4n) is 4.99. The van der Waals surface area contributed by atoms with Crippen LogP contribution in [0.15, 0.2) is 42.5 Å². The van der Waals surface area contributed by atoms with E-state index in [9.17, 15) is 22.0 Å². The Balaban J connectivity index is 1.61. The van der Waals surface area contributed by atoms with Crippen LogP contribution < -0.4 is 4.72 Å². The number of amides is 1. The molecule has 1 amide bonds. The number of nitrogens with zero attached hydrogens (tertiary/aromatic N) is 1. The van der Waals surface area contributed by atoms with Gasteiger partial charge in [0.15, 0.2) is 0 Å². The smallest absolute Gasteiger partial charge is 0.226 e. The quantitative estimate of drug-likeness (QED) is 0.761. The lowest BCUT2D eigenvalue weighted by atomic mass is 9.93. The molecule has 0 radical (unpaired) electrons. The fourth-order valence-corrected chi connectivity index (χ4v) is 5.78. The maximum atomic E-state index is 14.5. The molecule has 1 heterocycles. The standard InChI is InChI=1S/C23H26F2N2O3S/c1-23(2)20(21(23)22(28)27-12-11-14(13-27)26-31(3,29)30)16-8-5-4-7-15(16)19-17(24)9-6-10-18(19)25/h4-10,14,20-21,26H,11-13H2,1-3H3/t14-,20-,21+/m0/s1. The number of carbonyl (C=O) groups excluding carboxylic acids is 1. The number of sulfonamides is 1. The first-order valence-corrected chi connectivity index (χ1v) is 12.2. The van der Waals surface area contributed by atoms with Crippen LogP contribution in [-0.4, -0.2) is 44.6 Å². The number of hydrogen-bond donors (Lipinski definition) is 1. The lowest BCUT2D eigenvalue weighted by Gasteiger charge is -2.18. The molecule has 1 aliphatic heterocycles. The summed E-state index contributed by atoms with van der Waals surface area (Å²) in [6.07, 6.45) is 1.67. The fraction of sp³-hybridized carbons (Fsp3) is 0.435. The van der Waals surface area contributed by atoms with Crippen LogP contribution in [0.2, 0.25) is 0 Å². The Bertz CT molecular complexity index is 1110. The van der Waals surface area contributed by atoms with E-state index in [0.717, 1.165) is 11.8 Å². The summed E-state index contributed by atoms with van der Waals surface area (Å²) in [5.74, 6) is -1.83. The van der Waals surface area contributed by atoms with Crippen molar-refractivity contribution in [1.82, 2.24) is 9.62 Å². The molecule has 3 atom stereocenters. The number of nitrogens with one attached hydrogen (secondary N) is 1. The van der Waals surface area contributed by atoms with Gasteiger partial charge in [0, 0.05) is 25.0 Å². The zero-order valence-corrected chi connectivity index (χ0v) is 18.5. The first kappa shape index (κ1) is 21.9. The van der Waals surface area contributed by atoms with Crippen LogP contribution >= 0.6 is 0 Å². The maximum Gasteiger partial charge on any atom is 0.226 e. The van der Waals surface area contributed by atoms with Gasteiger partial charge < -0.3 is 4.90 Å². The van der Waals surface area contributed by atoms with E-state index in [0.29, 0.717) is 25.1 Å². The van der Waals surface area contributed by atoms with E-state index >= 15 is 0 Å². The van der Waals surface area contributed by atoms with Crippen molar-refractivity contribution in [2.45, 2.75) is 32.2 Å². The summed E-state index contributed by atoms with van der Waals surface area (Å²) in [7, 11) is -3.34. The normalized spacial score (nSPS) is 24.9. The van der Waals surface area contributed by atoms with E-state index in [1.165, 1.54) is 18.2 Å². The molecule has 2 aromatic rings. The van der Waals surface area contributed by atoms with Gasteiger partial charge in [-0.05, 0) is 35.1 Å². The minimum absolute atomic E-state index is 0.0448. The van der Waals surface area contributed by atoms with Gasteiger partial charge in [-0.3, -0.25) is 4.79 Å². The highest BCUT2D eigenvalue weighted by molar-refractivity contribution is 7.88. The van der Waals surface area contributed by atoms with Gasteiger partial charge in [0.05, 0.1) is 17.7 Å². The number of benzene rings is 2. The second-order valence-corrected chi connectivity index (χ2v) is 10.9. The summed E-state index contributed by atoms with van der Waals surface area (Å²) in [5, 5.41) is 0. The van der Waals surface area contributed by atoms with Crippen LogP contribution in [0.1, 0.15) is 31.7 Å². The van der Waals surface area contributed by atoms with E-state index in [2.05, 4.69) is 4.72 Å². The van der Waals surface area contributed by atoms with Crippen LogP contribution in [-0.2, 0) is 14.8 Å². The Kier molecular flexibility index (Phi) is 5.42. The molecule has 5 nitrogen and oxygen atoms in total. The van der Waals surface area contributed by atoms with Crippen molar-refractivity contribution in [2.24, 2.45) is 11.3 Å². The van der Waals surface area contributed by atoms with Crippen molar-refractivity contribution in [3.8, 4) is 11.1 Å². The highest BCUT2D eigenvalue weighted by Gasteiger charge is 2.63. The highest BCUT2D eigenvalue weighted by atomic mass is 32.2. The van der Waals surface area contributed by atoms with Crippen LogP contribution in [0.25, 0.3) is 11.1 Å². The van der Waals surface area contributed by atoms with Gasteiger partial charge in [0.2, 0.25) is 15.9 Å². The van der Waals surface area contributed by atoms with Crippen molar-refractivity contribution in [3.63, 3.8) is 0 Å².